The van der Waals surface area contributed by atoms with E-state index in [-0.39, 0.29) is 18.4 Å². The first kappa shape index (κ1) is 20.9. The number of benzene rings is 1. The number of ether oxygens (including phenoxy) is 2. The van der Waals surface area contributed by atoms with Crippen LogP contribution in [0.5, 0.6) is 0 Å². The van der Waals surface area contributed by atoms with Crippen molar-refractivity contribution in [1.29, 1.82) is 0 Å². The van der Waals surface area contributed by atoms with E-state index in [1.54, 1.807) is 28.0 Å². The van der Waals surface area contributed by atoms with Crippen molar-refractivity contribution >= 4 is 35.0 Å². The van der Waals surface area contributed by atoms with Gasteiger partial charge in [-0.05, 0) is 49.8 Å². The van der Waals surface area contributed by atoms with E-state index in [9.17, 15) is 9.59 Å². The van der Waals surface area contributed by atoms with Crippen molar-refractivity contribution in [3.63, 3.8) is 0 Å². The Hall–Kier alpha value is -1.34. The topological polar surface area (TPSA) is 59.1 Å². The van der Waals surface area contributed by atoms with E-state index in [1.165, 1.54) is 0 Å². The summed E-state index contributed by atoms with van der Waals surface area (Å²) in [5.41, 5.74) is -0.315. The molecule has 0 radical (unpaired) electrons. The summed E-state index contributed by atoms with van der Waals surface area (Å²) in [6, 6.07) is 4.20. The zero-order chi connectivity index (χ0) is 20.6. The number of carbonyl (C=O) groups excluding carboxylic acids is 2. The van der Waals surface area contributed by atoms with Crippen LogP contribution in [0, 0.1) is 5.92 Å². The van der Waals surface area contributed by atoms with Crippen LogP contribution in [0.4, 0.5) is 0 Å². The Morgan fingerprint density at radius 2 is 1.79 bits per heavy atom. The third-order valence-electron chi connectivity index (χ3n) is 6.31. The van der Waals surface area contributed by atoms with Gasteiger partial charge in [-0.2, -0.15) is 0 Å². The molecule has 0 bridgehead atoms. The highest BCUT2D eigenvalue weighted by atomic mass is 35.5. The van der Waals surface area contributed by atoms with E-state index < -0.39 is 11.8 Å². The Labute approximate surface area is 181 Å². The lowest BCUT2D eigenvalue weighted by Gasteiger charge is -2.43. The zero-order valence-electron chi connectivity index (χ0n) is 16.5. The van der Waals surface area contributed by atoms with Gasteiger partial charge in [0.1, 0.15) is 11.8 Å². The lowest BCUT2D eigenvalue weighted by molar-refractivity contribution is -0.141. The standard InChI is InChI=1S/C21H26Cl2N2O4/c1-14-4-6-21(7-5-14)25(19(26)15-2-3-16(22)17(23)12-15)18(13-29-21)20(27)24-8-10-28-11-9-24/h2-3,12,14,18H,4-11,13H2,1H3/t14?,18-,21?/m0/s1. The molecule has 1 aromatic carbocycles. The third-order valence-corrected chi connectivity index (χ3v) is 7.05. The van der Waals surface area contributed by atoms with Gasteiger partial charge in [-0.1, -0.05) is 30.1 Å². The summed E-state index contributed by atoms with van der Waals surface area (Å²) < 4.78 is 11.6. The predicted octanol–water partition coefficient (Wildman–Crippen LogP) is 3.60. The molecule has 2 aliphatic heterocycles. The smallest absolute Gasteiger partial charge is 0.256 e. The summed E-state index contributed by atoms with van der Waals surface area (Å²) in [5.74, 6) is 0.277. The lowest BCUT2D eigenvalue weighted by Crippen LogP contribution is -2.58. The van der Waals surface area contributed by atoms with E-state index in [4.69, 9.17) is 32.7 Å². The van der Waals surface area contributed by atoms with Crippen LogP contribution in [0.15, 0.2) is 18.2 Å². The summed E-state index contributed by atoms with van der Waals surface area (Å²) >= 11 is 12.2. The summed E-state index contributed by atoms with van der Waals surface area (Å²) in [7, 11) is 0. The van der Waals surface area contributed by atoms with Gasteiger partial charge in [-0.25, -0.2) is 0 Å². The van der Waals surface area contributed by atoms with E-state index in [0.717, 1.165) is 25.7 Å². The second-order valence-electron chi connectivity index (χ2n) is 8.20. The van der Waals surface area contributed by atoms with Crippen LogP contribution in [0.25, 0.3) is 0 Å². The van der Waals surface area contributed by atoms with Gasteiger partial charge in [-0.15, -0.1) is 0 Å². The highest BCUT2D eigenvalue weighted by molar-refractivity contribution is 6.42. The van der Waals surface area contributed by atoms with Crippen LogP contribution in [0.1, 0.15) is 43.0 Å². The molecular formula is C21H26Cl2N2O4. The molecule has 6 nitrogen and oxygen atoms in total. The van der Waals surface area contributed by atoms with Crippen LogP contribution >= 0.6 is 23.2 Å². The average molecular weight is 441 g/mol. The summed E-state index contributed by atoms with van der Waals surface area (Å²) in [6.07, 6.45) is 3.38. The number of nitrogens with zero attached hydrogens (tertiary/aromatic N) is 2. The Kier molecular flexibility index (Phi) is 6.07. The highest BCUT2D eigenvalue weighted by Crippen LogP contribution is 2.43. The minimum atomic E-state index is -0.734. The second-order valence-corrected chi connectivity index (χ2v) is 9.01. The van der Waals surface area contributed by atoms with Crippen molar-refractivity contribution in [2.75, 3.05) is 32.9 Å². The minimum Gasteiger partial charge on any atom is -0.378 e. The normalized spacial score (nSPS) is 30.0. The molecular weight excluding hydrogens is 415 g/mol. The average Bonchev–Trinajstić information content (AvgIpc) is 3.10. The fraction of sp³-hybridized carbons (Fsp3) is 0.619. The Morgan fingerprint density at radius 3 is 2.45 bits per heavy atom. The SMILES string of the molecule is CC1CCC2(CC1)OC[C@@H](C(=O)N1CCOCC1)N2C(=O)c1ccc(Cl)c(Cl)c1. The molecule has 3 aliphatic rings. The van der Waals surface area contributed by atoms with Crippen molar-refractivity contribution in [2.24, 2.45) is 5.92 Å². The third kappa shape index (κ3) is 4.00. The van der Waals surface area contributed by atoms with Crippen LogP contribution < -0.4 is 0 Å². The molecule has 2 heterocycles. The molecule has 2 amide bonds. The van der Waals surface area contributed by atoms with Gasteiger partial charge >= 0.3 is 0 Å². The molecule has 1 aromatic rings. The number of morpholine rings is 1. The van der Waals surface area contributed by atoms with Crippen molar-refractivity contribution in [3.05, 3.63) is 33.8 Å². The summed E-state index contributed by atoms with van der Waals surface area (Å²) in [5, 5.41) is 0.711. The summed E-state index contributed by atoms with van der Waals surface area (Å²) in [4.78, 5) is 30.4. The van der Waals surface area contributed by atoms with Crippen LogP contribution in [0.2, 0.25) is 10.0 Å². The molecule has 1 atom stereocenters. The molecule has 8 heteroatoms. The molecule has 1 aliphatic carbocycles. The molecule has 0 unspecified atom stereocenters. The van der Waals surface area contributed by atoms with Crippen molar-refractivity contribution < 1.29 is 19.1 Å². The maximum absolute atomic E-state index is 13.6. The molecule has 0 aromatic heterocycles. The molecule has 1 saturated carbocycles. The number of halogens is 2. The van der Waals surface area contributed by atoms with Crippen LogP contribution in [-0.4, -0.2) is 66.3 Å². The molecule has 29 heavy (non-hydrogen) atoms. The first-order chi connectivity index (χ1) is 13.9. The Balaban J connectivity index is 1.66. The Morgan fingerprint density at radius 1 is 1.10 bits per heavy atom. The fourth-order valence-electron chi connectivity index (χ4n) is 4.53. The largest absolute Gasteiger partial charge is 0.378 e. The van der Waals surface area contributed by atoms with Gasteiger partial charge in [0, 0.05) is 18.7 Å². The lowest BCUT2D eigenvalue weighted by atomic mass is 9.83. The van der Waals surface area contributed by atoms with Gasteiger partial charge in [0.25, 0.3) is 5.91 Å². The molecule has 0 N–H and O–H groups in total. The van der Waals surface area contributed by atoms with Crippen molar-refractivity contribution in [2.45, 2.75) is 44.4 Å². The van der Waals surface area contributed by atoms with Crippen LogP contribution in [0.3, 0.4) is 0 Å². The quantitative estimate of drug-likeness (QED) is 0.704. The van der Waals surface area contributed by atoms with Gasteiger partial charge in [0.15, 0.2) is 0 Å². The van der Waals surface area contributed by atoms with Gasteiger partial charge in [0.2, 0.25) is 5.91 Å². The highest BCUT2D eigenvalue weighted by Gasteiger charge is 2.54. The predicted molar refractivity (Wildman–Crippen MR) is 110 cm³/mol. The fourth-order valence-corrected chi connectivity index (χ4v) is 4.83. The first-order valence-electron chi connectivity index (χ1n) is 10.2. The zero-order valence-corrected chi connectivity index (χ0v) is 18.0. The van der Waals surface area contributed by atoms with Crippen molar-refractivity contribution in [1.82, 2.24) is 9.80 Å². The van der Waals surface area contributed by atoms with Crippen molar-refractivity contribution in [3.8, 4) is 0 Å². The van der Waals surface area contributed by atoms with E-state index in [2.05, 4.69) is 6.92 Å². The van der Waals surface area contributed by atoms with E-state index in [1.807, 2.05) is 0 Å². The molecule has 158 valence electrons. The molecule has 1 spiro atoms. The van der Waals surface area contributed by atoms with Gasteiger partial charge in [0.05, 0.1) is 29.9 Å². The number of hydrogen-bond acceptors (Lipinski definition) is 4. The first-order valence-corrected chi connectivity index (χ1v) is 11.0. The van der Waals surface area contributed by atoms with E-state index in [0.29, 0.717) is 47.8 Å². The van der Waals surface area contributed by atoms with Gasteiger partial charge in [-0.3, -0.25) is 14.5 Å². The molecule has 2 saturated heterocycles. The molecule has 4 rings (SSSR count). The maximum Gasteiger partial charge on any atom is 0.256 e. The monoisotopic (exact) mass is 440 g/mol. The number of rotatable bonds is 2. The number of hydrogen-bond donors (Lipinski definition) is 0. The maximum atomic E-state index is 13.6. The van der Waals surface area contributed by atoms with Gasteiger partial charge < -0.3 is 14.4 Å². The second kappa shape index (κ2) is 8.42. The summed E-state index contributed by atoms with van der Waals surface area (Å²) in [6.45, 7) is 4.54. The number of amides is 2. The van der Waals surface area contributed by atoms with E-state index >= 15 is 0 Å². The minimum absolute atomic E-state index is 0.0720. The van der Waals surface area contributed by atoms with Crippen LogP contribution in [-0.2, 0) is 14.3 Å². The Bertz CT molecular complexity index is 789. The molecule has 3 fully saturated rings. The number of carbonyl (C=O) groups is 2.